The molecule has 30 heavy (non-hydrogen) atoms. The number of likely N-dealkylation sites (tertiary alicyclic amines) is 1. The number of phenols is 1. The minimum absolute atomic E-state index is 0.234. The van der Waals surface area contributed by atoms with Gasteiger partial charge in [0.25, 0.3) is 0 Å². The number of guanidine groups is 1. The average Bonchev–Trinajstić information content (AvgIpc) is 2.76. The Hall–Kier alpha value is -2.73. The first-order chi connectivity index (χ1) is 14.6. The third kappa shape index (κ3) is 6.13. The highest BCUT2D eigenvalue weighted by Crippen LogP contribution is 2.24. The van der Waals surface area contributed by atoms with Crippen LogP contribution in [0.3, 0.4) is 0 Å². The molecule has 3 N–H and O–H groups in total. The molecule has 0 bridgehead atoms. The molecule has 3 rings (SSSR count). The molecule has 0 aliphatic carbocycles. The predicted molar refractivity (Wildman–Crippen MR) is 122 cm³/mol. The van der Waals surface area contributed by atoms with Crippen molar-refractivity contribution in [2.24, 2.45) is 4.99 Å². The van der Waals surface area contributed by atoms with Crippen molar-refractivity contribution >= 4 is 5.96 Å². The van der Waals surface area contributed by atoms with Gasteiger partial charge in [0, 0.05) is 37.3 Å². The van der Waals surface area contributed by atoms with E-state index >= 15 is 0 Å². The monoisotopic (exact) mass is 410 g/mol. The van der Waals surface area contributed by atoms with Crippen molar-refractivity contribution in [3.05, 3.63) is 59.7 Å². The van der Waals surface area contributed by atoms with Crippen LogP contribution in [0.15, 0.2) is 53.5 Å². The van der Waals surface area contributed by atoms with Gasteiger partial charge < -0.3 is 20.5 Å². The van der Waals surface area contributed by atoms with E-state index in [-0.39, 0.29) is 5.75 Å². The summed E-state index contributed by atoms with van der Waals surface area (Å²) >= 11 is 0. The molecular formula is C24H34N4O2. The number of nitrogens with zero attached hydrogens (tertiary/aromatic N) is 2. The molecule has 6 nitrogen and oxygen atoms in total. The van der Waals surface area contributed by atoms with Crippen molar-refractivity contribution in [2.75, 3.05) is 20.2 Å². The van der Waals surface area contributed by atoms with Crippen LogP contribution in [0, 0.1) is 0 Å². The van der Waals surface area contributed by atoms with Crippen molar-refractivity contribution in [3.8, 4) is 11.5 Å². The maximum absolute atomic E-state index is 10.1. The predicted octanol–water partition coefficient (Wildman–Crippen LogP) is 3.51. The van der Waals surface area contributed by atoms with Crippen LogP contribution < -0.4 is 15.4 Å². The van der Waals surface area contributed by atoms with Gasteiger partial charge in [-0.2, -0.15) is 0 Å². The molecular weight excluding hydrogens is 376 g/mol. The second-order valence-corrected chi connectivity index (χ2v) is 7.86. The highest BCUT2D eigenvalue weighted by molar-refractivity contribution is 5.80. The minimum atomic E-state index is 0.234. The number of hydrogen-bond acceptors (Lipinski definition) is 4. The largest absolute Gasteiger partial charge is 0.508 e. The minimum Gasteiger partial charge on any atom is -0.508 e. The second kappa shape index (κ2) is 10.9. The van der Waals surface area contributed by atoms with Crippen molar-refractivity contribution in [3.63, 3.8) is 0 Å². The Bertz CT molecular complexity index is 825. The zero-order valence-corrected chi connectivity index (χ0v) is 18.3. The van der Waals surface area contributed by atoms with Crippen LogP contribution in [0.4, 0.5) is 0 Å². The third-order valence-electron chi connectivity index (χ3n) is 5.62. The van der Waals surface area contributed by atoms with Gasteiger partial charge in [-0.05, 0) is 50.5 Å². The summed E-state index contributed by atoms with van der Waals surface area (Å²) in [5, 5.41) is 17.0. The number of phenolic OH excluding ortho intramolecular Hbond substituents is 1. The normalized spacial score (nSPS) is 20.0. The molecule has 2 unspecified atom stereocenters. The smallest absolute Gasteiger partial charge is 0.191 e. The summed E-state index contributed by atoms with van der Waals surface area (Å²) in [5.74, 6) is 1.74. The van der Waals surface area contributed by atoms with E-state index in [1.165, 1.54) is 5.56 Å². The summed E-state index contributed by atoms with van der Waals surface area (Å²) in [7, 11) is 1.62. The van der Waals surface area contributed by atoms with Gasteiger partial charge in [0.2, 0.25) is 0 Å². The first-order valence-electron chi connectivity index (χ1n) is 10.8. The molecule has 1 fully saturated rings. The Morgan fingerprint density at radius 3 is 2.73 bits per heavy atom. The molecule has 1 aliphatic heterocycles. The van der Waals surface area contributed by atoms with Gasteiger partial charge in [0.15, 0.2) is 5.96 Å². The van der Waals surface area contributed by atoms with Crippen LogP contribution in [0.2, 0.25) is 0 Å². The Balaban J connectivity index is 1.58. The number of benzene rings is 2. The Morgan fingerprint density at radius 2 is 2.03 bits per heavy atom. The Kier molecular flexibility index (Phi) is 7.97. The van der Waals surface area contributed by atoms with Crippen molar-refractivity contribution in [2.45, 2.75) is 51.9 Å². The molecule has 0 spiro atoms. The zero-order chi connectivity index (χ0) is 21.3. The molecule has 0 radical (unpaired) electrons. The molecule has 2 aromatic carbocycles. The fourth-order valence-corrected chi connectivity index (χ4v) is 3.90. The van der Waals surface area contributed by atoms with Gasteiger partial charge in [-0.1, -0.05) is 30.3 Å². The number of rotatable bonds is 7. The fourth-order valence-electron chi connectivity index (χ4n) is 3.90. The first-order valence-corrected chi connectivity index (χ1v) is 10.8. The number of aliphatic imine (C=N–C) groups is 1. The van der Waals surface area contributed by atoms with Gasteiger partial charge in [-0.15, -0.1) is 0 Å². The van der Waals surface area contributed by atoms with E-state index < -0.39 is 0 Å². The van der Waals surface area contributed by atoms with E-state index in [1.807, 2.05) is 6.07 Å². The quantitative estimate of drug-likeness (QED) is 0.481. The number of nitrogens with one attached hydrogen (secondary N) is 2. The molecule has 6 heteroatoms. The molecule has 1 heterocycles. The SMILES string of the molecule is CCNC(=NCc1cc(OC)ccc1O)NC1CCN(Cc2ccccc2)C(C)C1. The lowest BCUT2D eigenvalue weighted by Crippen LogP contribution is -2.51. The molecule has 1 saturated heterocycles. The molecule has 162 valence electrons. The van der Waals surface area contributed by atoms with Crippen LogP contribution in [-0.2, 0) is 13.1 Å². The van der Waals surface area contributed by atoms with Crippen LogP contribution in [0.25, 0.3) is 0 Å². The average molecular weight is 411 g/mol. The van der Waals surface area contributed by atoms with Crippen LogP contribution in [0.5, 0.6) is 11.5 Å². The van der Waals surface area contributed by atoms with Gasteiger partial charge in [-0.3, -0.25) is 4.90 Å². The highest BCUT2D eigenvalue weighted by atomic mass is 16.5. The lowest BCUT2D eigenvalue weighted by molar-refractivity contribution is 0.134. The Labute approximate surface area is 180 Å². The van der Waals surface area contributed by atoms with Crippen molar-refractivity contribution in [1.29, 1.82) is 0 Å². The first kappa shape index (κ1) is 22.0. The number of ether oxygens (including phenoxy) is 1. The van der Waals surface area contributed by atoms with E-state index in [1.54, 1.807) is 19.2 Å². The third-order valence-corrected chi connectivity index (χ3v) is 5.62. The standard InChI is InChI=1S/C24H34N4O2/c1-4-25-24(26-16-20-15-22(30-3)10-11-23(20)29)27-21-12-13-28(18(2)14-21)17-19-8-6-5-7-9-19/h5-11,15,18,21,29H,4,12-14,16-17H2,1-3H3,(H2,25,26,27). The van der Waals surface area contributed by atoms with Crippen LogP contribution in [0.1, 0.15) is 37.8 Å². The summed E-state index contributed by atoms with van der Waals surface area (Å²) in [6.07, 6.45) is 2.15. The maximum atomic E-state index is 10.1. The van der Waals surface area contributed by atoms with E-state index in [0.717, 1.165) is 49.7 Å². The zero-order valence-electron chi connectivity index (χ0n) is 18.3. The highest BCUT2D eigenvalue weighted by Gasteiger charge is 2.26. The lowest BCUT2D eigenvalue weighted by atomic mass is 9.97. The molecule has 2 aromatic rings. The maximum Gasteiger partial charge on any atom is 0.191 e. The number of hydrogen-bond donors (Lipinski definition) is 3. The second-order valence-electron chi connectivity index (χ2n) is 7.86. The van der Waals surface area contributed by atoms with E-state index in [9.17, 15) is 5.11 Å². The number of aromatic hydroxyl groups is 1. The number of methoxy groups -OCH3 is 1. The topological polar surface area (TPSA) is 69.1 Å². The van der Waals surface area contributed by atoms with E-state index in [2.05, 4.69) is 59.7 Å². The molecule has 1 aliphatic rings. The fraction of sp³-hybridized carbons (Fsp3) is 0.458. The summed E-state index contributed by atoms with van der Waals surface area (Å²) < 4.78 is 5.25. The Morgan fingerprint density at radius 1 is 1.23 bits per heavy atom. The van der Waals surface area contributed by atoms with Crippen LogP contribution in [-0.4, -0.2) is 48.2 Å². The number of piperidine rings is 1. The lowest BCUT2D eigenvalue weighted by Gasteiger charge is -2.38. The van der Waals surface area contributed by atoms with Crippen molar-refractivity contribution in [1.82, 2.24) is 15.5 Å². The summed E-state index contributed by atoms with van der Waals surface area (Å²) in [5.41, 5.74) is 2.11. The van der Waals surface area contributed by atoms with Gasteiger partial charge in [0.1, 0.15) is 11.5 Å². The van der Waals surface area contributed by atoms with Gasteiger partial charge >= 0.3 is 0 Å². The van der Waals surface area contributed by atoms with E-state index in [0.29, 0.717) is 18.6 Å². The molecule has 0 aromatic heterocycles. The molecule has 0 saturated carbocycles. The van der Waals surface area contributed by atoms with Gasteiger partial charge in [-0.25, -0.2) is 4.99 Å². The van der Waals surface area contributed by atoms with Crippen molar-refractivity contribution < 1.29 is 9.84 Å². The summed E-state index contributed by atoms with van der Waals surface area (Å²) in [4.78, 5) is 7.24. The summed E-state index contributed by atoms with van der Waals surface area (Å²) in [6.45, 7) is 7.60. The van der Waals surface area contributed by atoms with Gasteiger partial charge in [0.05, 0.1) is 13.7 Å². The van der Waals surface area contributed by atoms with Crippen LogP contribution >= 0.6 is 0 Å². The van der Waals surface area contributed by atoms with E-state index in [4.69, 9.17) is 9.73 Å². The molecule has 2 atom stereocenters. The molecule has 0 amide bonds. The summed E-state index contributed by atoms with van der Waals surface area (Å²) in [6, 6.07) is 16.8.